The minimum Gasteiger partial charge on any atom is -0.478 e. The van der Waals surface area contributed by atoms with Gasteiger partial charge in [0.15, 0.2) is 6.29 Å². The highest BCUT2D eigenvalue weighted by Gasteiger charge is 2.36. The Morgan fingerprint density at radius 3 is 1.93 bits per heavy atom. The molecule has 0 amide bonds. The topological polar surface area (TPSA) is 106 Å². The summed E-state index contributed by atoms with van der Waals surface area (Å²) in [5.74, 6) is -1.77. The zero-order valence-corrected chi connectivity index (χ0v) is 22.3. The van der Waals surface area contributed by atoms with Crippen molar-refractivity contribution >= 4 is 34.1 Å². The highest BCUT2D eigenvalue weighted by molar-refractivity contribution is 6.04. The van der Waals surface area contributed by atoms with Gasteiger partial charge in [-0.2, -0.15) is 0 Å². The van der Waals surface area contributed by atoms with Gasteiger partial charge in [0, 0.05) is 50.9 Å². The smallest absolute Gasteiger partial charge is 0.337 e. The normalized spacial score (nSPS) is 13.8. The number of fused-ring (bicyclic) bond motifs is 2. The van der Waals surface area contributed by atoms with E-state index >= 15 is 0 Å². The molecule has 4 N–H and O–H groups in total. The van der Waals surface area contributed by atoms with Crippen molar-refractivity contribution in [1.82, 2.24) is 9.97 Å². The van der Waals surface area contributed by atoms with E-state index in [9.17, 15) is 28.6 Å². The Balaban J connectivity index is 0.000000157. The molecule has 210 valence electrons. The number of aliphatic hydroxyl groups is 1. The monoisotopic (exact) mass is 564 g/mol. The number of carboxylic acids is 1. The van der Waals surface area contributed by atoms with E-state index < -0.39 is 17.4 Å². The molecule has 0 atom stereocenters. The van der Waals surface area contributed by atoms with Gasteiger partial charge in [-0.1, -0.05) is 54.6 Å². The number of H-pyrrole nitrogens is 2. The third-order valence-electron chi connectivity index (χ3n) is 7.93. The zero-order valence-electron chi connectivity index (χ0n) is 22.3. The first-order valence-corrected chi connectivity index (χ1v) is 13.5. The predicted octanol–water partition coefficient (Wildman–Crippen LogP) is 7.83. The molecule has 7 rings (SSSR count). The van der Waals surface area contributed by atoms with Crippen molar-refractivity contribution in [1.29, 1.82) is 0 Å². The van der Waals surface area contributed by atoms with Gasteiger partial charge in [-0.15, -0.1) is 0 Å². The number of aldehydes is 1. The number of rotatable bonds is 5. The molecule has 2 aromatic heterocycles. The van der Waals surface area contributed by atoms with E-state index in [1.54, 1.807) is 30.5 Å². The van der Waals surface area contributed by atoms with E-state index in [-0.39, 0.29) is 11.4 Å². The molecule has 42 heavy (non-hydrogen) atoms. The molecule has 6 aromatic rings. The lowest BCUT2D eigenvalue weighted by atomic mass is 9.75. The molecule has 1 saturated carbocycles. The quantitative estimate of drug-likeness (QED) is 0.160. The molecule has 8 heteroatoms. The first kappa shape index (κ1) is 27.1. The maximum Gasteiger partial charge on any atom is 0.337 e. The number of aromatic amines is 2. The maximum atomic E-state index is 14.4. The first-order valence-electron chi connectivity index (χ1n) is 13.5. The summed E-state index contributed by atoms with van der Waals surface area (Å²) >= 11 is 0. The van der Waals surface area contributed by atoms with Crippen molar-refractivity contribution in [3.05, 3.63) is 120 Å². The Morgan fingerprint density at radius 1 is 0.786 bits per heavy atom. The van der Waals surface area contributed by atoms with Crippen LogP contribution in [0.5, 0.6) is 0 Å². The van der Waals surface area contributed by atoms with Crippen LogP contribution in [0, 0.1) is 11.6 Å². The molecule has 0 aliphatic heterocycles. The van der Waals surface area contributed by atoms with Crippen LogP contribution >= 0.6 is 0 Å². The fourth-order valence-corrected chi connectivity index (χ4v) is 5.40. The third-order valence-corrected chi connectivity index (χ3v) is 7.93. The summed E-state index contributed by atoms with van der Waals surface area (Å²) in [7, 11) is 0. The number of carbonyl (C=O) groups is 2. The van der Waals surface area contributed by atoms with Gasteiger partial charge < -0.3 is 20.2 Å². The van der Waals surface area contributed by atoms with Crippen LogP contribution < -0.4 is 0 Å². The third kappa shape index (κ3) is 4.86. The molecule has 0 spiro atoms. The minimum atomic E-state index is -1.05. The second kappa shape index (κ2) is 10.7. The van der Waals surface area contributed by atoms with Crippen LogP contribution in [0.1, 0.15) is 45.5 Å². The van der Waals surface area contributed by atoms with E-state index in [0.717, 1.165) is 42.1 Å². The summed E-state index contributed by atoms with van der Waals surface area (Å²) in [6.07, 6.45) is 6.23. The minimum absolute atomic E-state index is 0.117. The number of hydrogen-bond acceptors (Lipinski definition) is 3. The summed E-state index contributed by atoms with van der Waals surface area (Å²) in [4.78, 5) is 27.8. The van der Waals surface area contributed by atoms with Crippen molar-refractivity contribution < 1.29 is 28.6 Å². The van der Waals surface area contributed by atoms with Crippen molar-refractivity contribution in [2.45, 2.75) is 24.9 Å². The summed E-state index contributed by atoms with van der Waals surface area (Å²) in [6, 6.07) is 22.4. The van der Waals surface area contributed by atoms with Crippen LogP contribution in [0.25, 0.3) is 44.1 Å². The number of hydrogen-bond donors (Lipinski definition) is 4. The molecule has 4 aromatic carbocycles. The molecule has 1 fully saturated rings. The Bertz CT molecular complexity index is 1940. The largest absolute Gasteiger partial charge is 0.478 e. The van der Waals surface area contributed by atoms with Crippen LogP contribution in [0.3, 0.4) is 0 Å². The fourth-order valence-electron chi connectivity index (χ4n) is 5.40. The standard InChI is InChI=1S/C19H16FNO3.C15H10FNO/c20-16-9-17-14(15(10-21-17)18(22)23)8-13(16)11-2-4-12(5-3-11)19(24)6-1-7-19;16-14-7-15-13(11(9-18)8-17-15)6-12(14)10-4-2-1-3-5-10/h2-5,8-10,21,24H,1,6-7H2,(H,22,23);1-9,17H. The molecule has 0 saturated heterocycles. The average molecular weight is 565 g/mol. The lowest BCUT2D eigenvalue weighted by Crippen LogP contribution is -2.33. The van der Waals surface area contributed by atoms with Gasteiger partial charge in [0.05, 0.1) is 11.2 Å². The molecule has 2 heterocycles. The van der Waals surface area contributed by atoms with Crippen molar-refractivity contribution in [3.8, 4) is 22.3 Å². The van der Waals surface area contributed by atoms with Gasteiger partial charge in [-0.3, -0.25) is 4.79 Å². The fraction of sp³-hybridized carbons (Fsp3) is 0.118. The number of aromatic nitrogens is 2. The van der Waals surface area contributed by atoms with Crippen molar-refractivity contribution in [2.75, 3.05) is 0 Å². The van der Waals surface area contributed by atoms with E-state index in [4.69, 9.17) is 0 Å². The van der Waals surface area contributed by atoms with Gasteiger partial charge in [-0.05, 0) is 60.2 Å². The van der Waals surface area contributed by atoms with E-state index in [2.05, 4.69) is 9.97 Å². The Labute approximate surface area is 239 Å². The number of nitrogens with one attached hydrogen (secondary N) is 2. The molecule has 1 aliphatic carbocycles. The number of aromatic carboxylic acids is 1. The van der Waals surface area contributed by atoms with Crippen LogP contribution in [-0.2, 0) is 5.60 Å². The van der Waals surface area contributed by atoms with Gasteiger partial charge in [0.1, 0.15) is 11.6 Å². The summed E-state index contributed by atoms with van der Waals surface area (Å²) in [5.41, 5.74) is 4.14. The Kier molecular flexibility index (Phi) is 6.92. The zero-order chi connectivity index (χ0) is 29.4. The molecule has 6 nitrogen and oxygen atoms in total. The van der Waals surface area contributed by atoms with Crippen molar-refractivity contribution in [2.24, 2.45) is 0 Å². The van der Waals surface area contributed by atoms with Gasteiger partial charge in [-0.25, -0.2) is 13.6 Å². The van der Waals surface area contributed by atoms with E-state index in [1.807, 2.05) is 42.5 Å². The number of carboxylic acid groups (broad SMARTS) is 1. The number of benzene rings is 4. The lowest BCUT2D eigenvalue weighted by Gasteiger charge is -2.37. The molecule has 0 unspecified atom stereocenters. The maximum absolute atomic E-state index is 14.4. The Hall–Kier alpha value is -5.08. The van der Waals surface area contributed by atoms with Crippen LogP contribution in [0.2, 0.25) is 0 Å². The SMILES string of the molecule is O=C(O)c1c[nH]c2cc(F)c(-c3ccc(C4(O)CCC4)cc3)cc12.O=Cc1c[nH]c2cc(F)c(-c3ccccc3)cc12. The number of carbonyl (C=O) groups excluding carboxylic acids is 1. The first-order chi connectivity index (χ1) is 20.3. The van der Waals surface area contributed by atoms with E-state index in [1.165, 1.54) is 18.3 Å². The van der Waals surface area contributed by atoms with Gasteiger partial charge in [0.2, 0.25) is 0 Å². The van der Waals surface area contributed by atoms with Crippen LogP contribution in [0.15, 0.2) is 91.3 Å². The molecule has 1 aliphatic rings. The summed E-state index contributed by atoms with van der Waals surface area (Å²) in [6.45, 7) is 0. The summed E-state index contributed by atoms with van der Waals surface area (Å²) in [5, 5.41) is 20.8. The lowest BCUT2D eigenvalue weighted by molar-refractivity contribution is -0.0387. The molecule has 0 bridgehead atoms. The highest BCUT2D eigenvalue weighted by Crippen LogP contribution is 2.41. The molecular formula is C34H26F2N2O4. The summed E-state index contributed by atoms with van der Waals surface area (Å²) < 4.78 is 28.4. The van der Waals surface area contributed by atoms with Gasteiger partial charge >= 0.3 is 5.97 Å². The van der Waals surface area contributed by atoms with Crippen LogP contribution in [-0.4, -0.2) is 32.4 Å². The highest BCUT2D eigenvalue weighted by atomic mass is 19.1. The Morgan fingerprint density at radius 2 is 1.36 bits per heavy atom. The van der Waals surface area contributed by atoms with E-state index in [0.29, 0.717) is 38.7 Å². The predicted molar refractivity (Wildman–Crippen MR) is 157 cm³/mol. The molecule has 0 radical (unpaired) electrons. The van der Waals surface area contributed by atoms with Crippen molar-refractivity contribution in [3.63, 3.8) is 0 Å². The number of halogens is 2. The average Bonchev–Trinajstić information content (AvgIpc) is 3.59. The second-order valence-electron chi connectivity index (χ2n) is 10.5. The molecular weight excluding hydrogens is 538 g/mol. The second-order valence-corrected chi connectivity index (χ2v) is 10.5. The van der Waals surface area contributed by atoms with Crippen LogP contribution in [0.4, 0.5) is 8.78 Å². The van der Waals surface area contributed by atoms with Gasteiger partial charge in [0.25, 0.3) is 0 Å².